The Morgan fingerprint density at radius 2 is 2.00 bits per heavy atom. The van der Waals surface area contributed by atoms with E-state index in [4.69, 9.17) is 4.74 Å². The first-order chi connectivity index (χ1) is 9.56. The van der Waals surface area contributed by atoms with Crippen molar-refractivity contribution in [1.82, 2.24) is 9.78 Å². The molecule has 0 spiro atoms. The summed E-state index contributed by atoms with van der Waals surface area (Å²) in [5, 5.41) is 4.63. The minimum Gasteiger partial charge on any atom is -0.372 e. The largest absolute Gasteiger partial charge is 0.372 e. The Morgan fingerprint density at radius 3 is 2.60 bits per heavy atom. The highest BCUT2D eigenvalue weighted by molar-refractivity contribution is 9.10. The van der Waals surface area contributed by atoms with Crippen LogP contribution in [0.15, 0.2) is 4.47 Å². The van der Waals surface area contributed by atoms with E-state index < -0.39 is 0 Å². The summed E-state index contributed by atoms with van der Waals surface area (Å²) in [5.74, 6) is 1.62. The first-order valence-corrected chi connectivity index (χ1v) is 8.71. The van der Waals surface area contributed by atoms with Gasteiger partial charge in [0.05, 0.1) is 28.6 Å². The van der Waals surface area contributed by atoms with Crippen LogP contribution >= 0.6 is 15.9 Å². The number of aryl methyl sites for hydroxylation is 2. The number of hydrogen-bond donors (Lipinski definition) is 0. The van der Waals surface area contributed by atoms with Crippen molar-refractivity contribution in [2.24, 2.45) is 11.8 Å². The molecular weight excluding hydrogens is 316 g/mol. The van der Waals surface area contributed by atoms with E-state index in [9.17, 15) is 0 Å². The van der Waals surface area contributed by atoms with Gasteiger partial charge in [0.15, 0.2) is 0 Å². The summed E-state index contributed by atoms with van der Waals surface area (Å²) in [5.41, 5.74) is 2.33. The lowest BCUT2D eigenvalue weighted by atomic mass is 9.80. The molecule has 114 valence electrons. The molecule has 2 rings (SSSR count). The minimum atomic E-state index is 0.415. The second kappa shape index (κ2) is 7.08. The van der Waals surface area contributed by atoms with E-state index in [1.165, 1.54) is 25.0 Å². The zero-order chi connectivity index (χ0) is 14.7. The maximum absolute atomic E-state index is 6.18. The molecule has 20 heavy (non-hydrogen) atoms. The number of aromatic nitrogens is 2. The van der Waals surface area contributed by atoms with Crippen LogP contribution in [0.4, 0.5) is 0 Å². The van der Waals surface area contributed by atoms with Crippen molar-refractivity contribution < 1.29 is 4.74 Å². The Balaban J connectivity index is 1.98. The smallest absolute Gasteiger partial charge is 0.0900 e. The van der Waals surface area contributed by atoms with Gasteiger partial charge >= 0.3 is 0 Å². The standard InChI is InChI=1S/C16H27BrN2O/c1-5-14-16(17)15(19(6-2)18-14)10-20-13-8-7-11(3)12(4)9-13/h11-13H,5-10H2,1-4H3. The third-order valence-corrected chi connectivity index (χ3v) is 5.62. The van der Waals surface area contributed by atoms with Crippen molar-refractivity contribution >= 4 is 15.9 Å². The van der Waals surface area contributed by atoms with Gasteiger partial charge in [-0.1, -0.05) is 20.8 Å². The highest BCUT2D eigenvalue weighted by Crippen LogP contribution is 2.32. The van der Waals surface area contributed by atoms with Gasteiger partial charge in [-0.25, -0.2) is 0 Å². The van der Waals surface area contributed by atoms with Gasteiger partial charge in [-0.3, -0.25) is 4.68 Å². The van der Waals surface area contributed by atoms with Crippen LogP contribution < -0.4 is 0 Å². The van der Waals surface area contributed by atoms with Crippen LogP contribution in [0.5, 0.6) is 0 Å². The molecule has 1 aromatic rings. The quantitative estimate of drug-likeness (QED) is 0.783. The maximum atomic E-state index is 6.18. The van der Waals surface area contributed by atoms with Gasteiger partial charge in [0, 0.05) is 6.54 Å². The van der Waals surface area contributed by atoms with E-state index >= 15 is 0 Å². The Morgan fingerprint density at radius 1 is 1.25 bits per heavy atom. The summed E-state index contributed by atoms with van der Waals surface area (Å²) in [4.78, 5) is 0. The fraction of sp³-hybridized carbons (Fsp3) is 0.812. The van der Waals surface area contributed by atoms with E-state index in [1.807, 2.05) is 0 Å². The van der Waals surface area contributed by atoms with Gasteiger partial charge in [-0.2, -0.15) is 5.10 Å². The van der Waals surface area contributed by atoms with E-state index in [-0.39, 0.29) is 0 Å². The molecule has 0 saturated heterocycles. The van der Waals surface area contributed by atoms with Crippen molar-refractivity contribution in [1.29, 1.82) is 0 Å². The number of nitrogens with zero attached hydrogens (tertiary/aromatic N) is 2. The van der Waals surface area contributed by atoms with Crippen LogP contribution in [0.2, 0.25) is 0 Å². The van der Waals surface area contributed by atoms with E-state index in [2.05, 4.69) is 53.4 Å². The topological polar surface area (TPSA) is 27.1 Å². The predicted molar refractivity (Wildman–Crippen MR) is 85.7 cm³/mol. The molecule has 0 aromatic carbocycles. The van der Waals surface area contributed by atoms with Crippen molar-refractivity contribution in [3.63, 3.8) is 0 Å². The second-order valence-corrected chi connectivity index (χ2v) is 6.87. The number of ether oxygens (including phenoxy) is 1. The molecule has 0 radical (unpaired) electrons. The lowest BCUT2D eigenvalue weighted by molar-refractivity contribution is -0.0103. The molecule has 1 saturated carbocycles. The molecule has 1 fully saturated rings. The highest BCUT2D eigenvalue weighted by Gasteiger charge is 2.25. The van der Waals surface area contributed by atoms with Crippen LogP contribution in [0, 0.1) is 11.8 Å². The molecule has 3 atom stereocenters. The first-order valence-electron chi connectivity index (χ1n) is 7.92. The van der Waals surface area contributed by atoms with Gasteiger partial charge in [0.25, 0.3) is 0 Å². The second-order valence-electron chi connectivity index (χ2n) is 6.08. The van der Waals surface area contributed by atoms with Crippen LogP contribution in [0.1, 0.15) is 58.3 Å². The Hall–Kier alpha value is -0.350. The molecule has 4 heteroatoms. The zero-order valence-electron chi connectivity index (χ0n) is 13.2. The Labute approximate surface area is 131 Å². The molecule has 3 nitrogen and oxygen atoms in total. The lowest BCUT2D eigenvalue weighted by Crippen LogP contribution is -2.27. The van der Waals surface area contributed by atoms with E-state index in [1.54, 1.807) is 0 Å². The fourth-order valence-corrected chi connectivity index (χ4v) is 3.68. The summed E-state index contributed by atoms with van der Waals surface area (Å²) in [7, 11) is 0. The molecule has 0 amide bonds. The normalized spacial score (nSPS) is 26.9. The molecule has 1 aliphatic rings. The SMILES string of the molecule is CCc1nn(CC)c(COC2CCC(C)C(C)C2)c1Br. The molecule has 1 heterocycles. The van der Waals surface area contributed by atoms with Gasteiger partial charge in [-0.05, 0) is 60.4 Å². The van der Waals surface area contributed by atoms with Gasteiger partial charge in [0.2, 0.25) is 0 Å². The minimum absolute atomic E-state index is 0.415. The van der Waals surface area contributed by atoms with Crippen LogP contribution in [0.25, 0.3) is 0 Å². The Kier molecular flexibility index (Phi) is 5.67. The first kappa shape index (κ1) is 16.0. The highest BCUT2D eigenvalue weighted by atomic mass is 79.9. The average Bonchev–Trinajstić information content (AvgIpc) is 2.76. The van der Waals surface area contributed by atoms with Gasteiger partial charge < -0.3 is 4.74 Å². The molecule has 1 aromatic heterocycles. The maximum Gasteiger partial charge on any atom is 0.0900 e. The molecule has 1 aliphatic carbocycles. The summed E-state index contributed by atoms with van der Waals surface area (Å²) in [6.07, 6.45) is 5.06. The summed E-state index contributed by atoms with van der Waals surface area (Å²) < 4.78 is 9.38. The van der Waals surface area contributed by atoms with Crippen LogP contribution in [-0.4, -0.2) is 15.9 Å². The third-order valence-electron chi connectivity index (χ3n) is 4.70. The lowest BCUT2D eigenvalue weighted by Gasteiger charge is -2.32. The number of hydrogen-bond acceptors (Lipinski definition) is 2. The monoisotopic (exact) mass is 342 g/mol. The van der Waals surface area contributed by atoms with E-state index in [0.717, 1.165) is 35.0 Å². The number of halogens is 1. The summed E-state index contributed by atoms with van der Waals surface area (Å²) in [6, 6.07) is 0. The van der Waals surface area contributed by atoms with Crippen molar-refractivity contribution in [3.8, 4) is 0 Å². The molecule has 3 unspecified atom stereocenters. The average molecular weight is 343 g/mol. The number of rotatable bonds is 5. The van der Waals surface area contributed by atoms with Crippen LogP contribution in [-0.2, 0) is 24.3 Å². The molecule has 0 aliphatic heterocycles. The van der Waals surface area contributed by atoms with Crippen molar-refractivity contribution in [2.75, 3.05) is 0 Å². The fourth-order valence-electron chi connectivity index (χ4n) is 3.00. The zero-order valence-corrected chi connectivity index (χ0v) is 14.7. The molecule has 0 bridgehead atoms. The predicted octanol–water partition coefficient (Wildman–Crippen LogP) is 4.57. The van der Waals surface area contributed by atoms with Crippen molar-refractivity contribution in [3.05, 3.63) is 15.9 Å². The van der Waals surface area contributed by atoms with Crippen molar-refractivity contribution in [2.45, 2.75) is 72.6 Å². The summed E-state index contributed by atoms with van der Waals surface area (Å²) in [6.45, 7) is 10.6. The summed E-state index contributed by atoms with van der Waals surface area (Å²) >= 11 is 3.69. The molecular formula is C16H27BrN2O. The van der Waals surface area contributed by atoms with E-state index in [0.29, 0.717) is 12.7 Å². The third kappa shape index (κ3) is 3.45. The Bertz CT molecular complexity index is 444. The van der Waals surface area contributed by atoms with Gasteiger partial charge in [-0.15, -0.1) is 0 Å². The van der Waals surface area contributed by atoms with Crippen LogP contribution in [0.3, 0.4) is 0 Å². The van der Waals surface area contributed by atoms with Gasteiger partial charge in [0.1, 0.15) is 0 Å². The molecule has 0 N–H and O–H groups in total.